The van der Waals surface area contributed by atoms with Crippen molar-refractivity contribution < 1.29 is 24.3 Å². The molecule has 0 amide bonds. The second kappa shape index (κ2) is 8.24. The van der Waals surface area contributed by atoms with Crippen LogP contribution in [0, 0.1) is 10.1 Å². The normalized spacial score (nSPS) is 10.4. The van der Waals surface area contributed by atoms with Crippen LogP contribution in [0.3, 0.4) is 0 Å². The first-order chi connectivity index (χ1) is 12.0. The Morgan fingerprint density at radius 2 is 2.20 bits per heavy atom. The first-order valence-electron chi connectivity index (χ1n) is 6.91. The zero-order valence-electron chi connectivity index (χ0n) is 13.1. The van der Waals surface area contributed by atoms with E-state index in [9.17, 15) is 14.9 Å². The second-order valence-electron chi connectivity index (χ2n) is 4.62. The van der Waals surface area contributed by atoms with Crippen LogP contribution in [0.15, 0.2) is 41.6 Å². The van der Waals surface area contributed by atoms with E-state index in [0.717, 1.165) is 6.20 Å². The lowest BCUT2D eigenvalue weighted by molar-refractivity contribution is -0.385. The first-order valence-corrected chi connectivity index (χ1v) is 6.91. The van der Waals surface area contributed by atoms with Gasteiger partial charge in [0.2, 0.25) is 0 Å². The zero-order valence-corrected chi connectivity index (χ0v) is 13.1. The van der Waals surface area contributed by atoms with E-state index in [1.807, 2.05) is 0 Å². The Morgan fingerprint density at radius 1 is 1.40 bits per heavy atom. The number of carboxylic acids is 1. The van der Waals surface area contributed by atoms with Gasteiger partial charge in [-0.1, -0.05) is 0 Å². The van der Waals surface area contributed by atoms with E-state index in [-0.39, 0.29) is 5.69 Å². The van der Waals surface area contributed by atoms with Crippen molar-refractivity contribution in [3.05, 3.63) is 52.2 Å². The van der Waals surface area contributed by atoms with Crippen molar-refractivity contribution in [3.8, 4) is 11.5 Å². The standard InChI is InChI=1S/C15H14N4O6/c1-24-13-6-10(2-4-12(13)25-9-15(20)21)7-17-18-14-5-3-11(8-16-14)19(22)23/h2-8H,9H2,1H3,(H,16,18)(H,20,21)/b17-7+. The van der Waals surface area contributed by atoms with Crippen LogP contribution in [0.1, 0.15) is 5.56 Å². The van der Waals surface area contributed by atoms with Crippen LogP contribution in [0.4, 0.5) is 11.5 Å². The van der Waals surface area contributed by atoms with Crippen molar-refractivity contribution in [1.29, 1.82) is 0 Å². The minimum Gasteiger partial charge on any atom is -0.493 e. The van der Waals surface area contributed by atoms with Crippen molar-refractivity contribution in [2.45, 2.75) is 0 Å². The summed E-state index contributed by atoms with van der Waals surface area (Å²) in [6.45, 7) is -0.475. The summed E-state index contributed by atoms with van der Waals surface area (Å²) in [7, 11) is 1.43. The number of pyridine rings is 1. The van der Waals surface area contributed by atoms with Gasteiger partial charge in [-0.2, -0.15) is 5.10 Å². The Balaban J connectivity index is 2.02. The smallest absolute Gasteiger partial charge is 0.341 e. The number of nitro groups is 1. The van der Waals surface area contributed by atoms with Gasteiger partial charge in [-0.3, -0.25) is 15.5 Å². The fourth-order valence-corrected chi connectivity index (χ4v) is 1.76. The predicted molar refractivity (Wildman–Crippen MR) is 88.2 cm³/mol. The fourth-order valence-electron chi connectivity index (χ4n) is 1.76. The average molecular weight is 346 g/mol. The van der Waals surface area contributed by atoms with Crippen LogP contribution in [-0.4, -0.2) is 40.9 Å². The number of hydrogen-bond acceptors (Lipinski definition) is 8. The number of anilines is 1. The Hall–Kier alpha value is -3.69. The molecule has 0 aliphatic carbocycles. The highest BCUT2D eigenvalue weighted by Crippen LogP contribution is 2.27. The molecule has 0 saturated carbocycles. The predicted octanol–water partition coefficient (Wildman–Crippen LogP) is 1.91. The summed E-state index contributed by atoms with van der Waals surface area (Å²) < 4.78 is 10.2. The molecule has 10 nitrogen and oxygen atoms in total. The van der Waals surface area contributed by atoms with Gasteiger partial charge in [0.05, 0.1) is 18.2 Å². The third-order valence-electron chi connectivity index (χ3n) is 2.89. The van der Waals surface area contributed by atoms with E-state index >= 15 is 0 Å². The SMILES string of the molecule is COc1cc(/C=N/Nc2ccc([N+](=O)[O-])cn2)ccc1OCC(=O)O. The molecule has 0 fully saturated rings. The van der Waals surface area contributed by atoms with E-state index in [0.29, 0.717) is 22.9 Å². The molecule has 0 atom stereocenters. The van der Waals surface area contributed by atoms with Gasteiger partial charge in [0.25, 0.3) is 5.69 Å². The Kier molecular flexibility index (Phi) is 5.82. The van der Waals surface area contributed by atoms with Gasteiger partial charge in [0.1, 0.15) is 12.0 Å². The number of methoxy groups -OCH3 is 1. The number of nitrogens with zero attached hydrogens (tertiary/aromatic N) is 3. The highest BCUT2D eigenvalue weighted by atomic mass is 16.6. The minimum absolute atomic E-state index is 0.115. The minimum atomic E-state index is -1.09. The number of hydrazone groups is 1. The lowest BCUT2D eigenvalue weighted by Crippen LogP contribution is -2.10. The fraction of sp³-hybridized carbons (Fsp3) is 0.133. The van der Waals surface area contributed by atoms with E-state index in [1.165, 1.54) is 25.5 Å². The van der Waals surface area contributed by atoms with Crippen LogP contribution >= 0.6 is 0 Å². The van der Waals surface area contributed by atoms with Crippen LogP contribution < -0.4 is 14.9 Å². The topological polar surface area (TPSA) is 136 Å². The molecular formula is C15H14N4O6. The second-order valence-corrected chi connectivity index (χ2v) is 4.62. The van der Waals surface area contributed by atoms with E-state index in [1.54, 1.807) is 18.2 Å². The molecule has 130 valence electrons. The molecule has 25 heavy (non-hydrogen) atoms. The molecule has 0 spiro atoms. The van der Waals surface area contributed by atoms with Crippen LogP contribution in [0.5, 0.6) is 11.5 Å². The number of carbonyl (C=O) groups is 1. The number of rotatable bonds is 8. The van der Waals surface area contributed by atoms with Crippen molar-refractivity contribution in [3.63, 3.8) is 0 Å². The molecule has 1 aromatic carbocycles. The van der Waals surface area contributed by atoms with Gasteiger partial charge in [0.15, 0.2) is 18.1 Å². The zero-order chi connectivity index (χ0) is 18.2. The number of benzene rings is 1. The monoisotopic (exact) mass is 346 g/mol. The number of nitrogens with one attached hydrogen (secondary N) is 1. The largest absolute Gasteiger partial charge is 0.493 e. The van der Waals surface area contributed by atoms with Crippen molar-refractivity contribution in [1.82, 2.24) is 4.98 Å². The van der Waals surface area contributed by atoms with E-state index in [4.69, 9.17) is 14.6 Å². The molecule has 1 aromatic heterocycles. The lowest BCUT2D eigenvalue weighted by atomic mass is 10.2. The highest BCUT2D eigenvalue weighted by Gasteiger charge is 2.07. The molecular weight excluding hydrogens is 332 g/mol. The lowest BCUT2D eigenvalue weighted by Gasteiger charge is -2.09. The summed E-state index contributed by atoms with van der Waals surface area (Å²) in [5, 5.41) is 23.1. The van der Waals surface area contributed by atoms with Crippen molar-refractivity contribution in [2.24, 2.45) is 5.10 Å². The van der Waals surface area contributed by atoms with Gasteiger partial charge in [-0.25, -0.2) is 9.78 Å². The summed E-state index contributed by atoms with van der Waals surface area (Å²) in [6.07, 6.45) is 2.60. The van der Waals surface area contributed by atoms with Crippen LogP contribution in [0.25, 0.3) is 0 Å². The summed E-state index contributed by atoms with van der Waals surface area (Å²) in [5.41, 5.74) is 3.18. The van der Waals surface area contributed by atoms with Crippen molar-refractivity contribution >= 4 is 23.7 Å². The molecule has 1 heterocycles. The Labute approximate surface area is 141 Å². The van der Waals surface area contributed by atoms with Gasteiger partial charge in [-0.15, -0.1) is 0 Å². The van der Waals surface area contributed by atoms with Crippen LogP contribution in [0.2, 0.25) is 0 Å². The number of aliphatic carboxylic acids is 1. The maximum atomic E-state index is 10.5. The Bertz CT molecular complexity index is 791. The third kappa shape index (κ3) is 5.16. The molecule has 2 rings (SSSR count). The number of aromatic nitrogens is 1. The average Bonchev–Trinajstić information content (AvgIpc) is 2.60. The molecule has 0 bridgehead atoms. The maximum absolute atomic E-state index is 10.5. The van der Waals surface area contributed by atoms with Crippen LogP contribution in [-0.2, 0) is 4.79 Å². The molecule has 0 aliphatic rings. The Morgan fingerprint density at radius 3 is 2.80 bits per heavy atom. The molecule has 10 heteroatoms. The molecule has 0 saturated heterocycles. The molecule has 0 radical (unpaired) electrons. The third-order valence-corrected chi connectivity index (χ3v) is 2.89. The van der Waals surface area contributed by atoms with E-state index in [2.05, 4.69) is 15.5 Å². The van der Waals surface area contributed by atoms with Gasteiger partial charge in [0, 0.05) is 6.07 Å². The molecule has 0 aliphatic heterocycles. The highest BCUT2D eigenvalue weighted by molar-refractivity contribution is 5.81. The number of hydrogen-bond donors (Lipinski definition) is 2. The van der Waals surface area contributed by atoms with Gasteiger partial charge < -0.3 is 14.6 Å². The molecule has 2 aromatic rings. The number of ether oxygens (including phenoxy) is 2. The summed E-state index contributed by atoms with van der Waals surface area (Å²) in [6, 6.07) is 7.58. The first kappa shape index (κ1) is 17.7. The van der Waals surface area contributed by atoms with Gasteiger partial charge >= 0.3 is 5.97 Å². The maximum Gasteiger partial charge on any atom is 0.341 e. The van der Waals surface area contributed by atoms with Crippen molar-refractivity contribution in [2.75, 3.05) is 19.1 Å². The number of carboxylic acid groups (broad SMARTS) is 1. The van der Waals surface area contributed by atoms with Gasteiger partial charge in [-0.05, 0) is 29.8 Å². The molecule has 0 unspecified atom stereocenters. The summed E-state index contributed by atoms with van der Waals surface area (Å²) >= 11 is 0. The quantitative estimate of drug-likeness (QED) is 0.420. The summed E-state index contributed by atoms with van der Waals surface area (Å²) in [5.74, 6) is -0.0894. The molecule has 2 N–H and O–H groups in total. The summed E-state index contributed by atoms with van der Waals surface area (Å²) in [4.78, 5) is 24.4. The van der Waals surface area contributed by atoms with E-state index < -0.39 is 17.5 Å².